The summed E-state index contributed by atoms with van der Waals surface area (Å²) in [4.78, 5) is 0. The number of fused-ring (bicyclic) bond motifs is 1. The molecule has 0 saturated carbocycles. The van der Waals surface area contributed by atoms with E-state index in [-0.39, 0.29) is 5.75 Å². The second-order valence-electron chi connectivity index (χ2n) is 5.08. The lowest BCUT2D eigenvalue weighted by molar-refractivity contribution is -0.0431. The summed E-state index contributed by atoms with van der Waals surface area (Å²) >= 11 is 5.54. The maximum atomic E-state index is 11.9. The van der Waals surface area contributed by atoms with Crippen LogP contribution >= 0.6 is 11.6 Å². The Morgan fingerprint density at radius 1 is 1.20 bits per heavy atom. The van der Waals surface area contributed by atoms with Crippen LogP contribution in [-0.4, -0.2) is 25.8 Å². The number of ether oxygens (including phenoxy) is 2. The number of anilines is 1. The summed E-state index contributed by atoms with van der Waals surface area (Å²) in [7, 11) is -3.36. The van der Waals surface area contributed by atoms with Gasteiger partial charge in [0.2, 0.25) is 15.8 Å². The molecule has 112 valence electrons. The average Bonchev–Trinajstić information content (AvgIpc) is 2.62. The first kappa shape index (κ1) is 15.3. The van der Waals surface area contributed by atoms with Gasteiger partial charge in [-0.25, -0.2) is 8.42 Å². The number of alkyl halides is 1. The Morgan fingerprint density at radius 3 is 2.60 bits per heavy atom. The highest BCUT2D eigenvalue weighted by molar-refractivity contribution is 7.92. The van der Waals surface area contributed by atoms with Gasteiger partial charge < -0.3 is 9.47 Å². The lowest BCUT2D eigenvalue weighted by atomic mass is 10.3. The molecular weight excluding hydrogens is 302 g/mol. The zero-order valence-corrected chi connectivity index (χ0v) is 13.1. The predicted octanol–water partition coefficient (Wildman–Crippen LogP) is 2.95. The number of unbranched alkanes of at least 4 members (excludes halogenated alkanes) is 1. The summed E-state index contributed by atoms with van der Waals surface area (Å²) in [6.45, 7) is 3.59. The van der Waals surface area contributed by atoms with Gasteiger partial charge in [0.15, 0.2) is 11.5 Å². The molecule has 1 aromatic carbocycles. The van der Waals surface area contributed by atoms with E-state index in [0.717, 1.165) is 0 Å². The van der Waals surface area contributed by atoms with E-state index < -0.39 is 15.8 Å². The van der Waals surface area contributed by atoms with Gasteiger partial charge in [0.25, 0.3) is 0 Å². The molecule has 1 aliphatic rings. The summed E-state index contributed by atoms with van der Waals surface area (Å²) in [5, 5.41) is 0. The Kier molecular flexibility index (Phi) is 4.34. The van der Waals surface area contributed by atoms with Gasteiger partial charge in [0, 0.05) is 25.8 Å². The van der Waals surface area contributed by atoms with E-state index in [1.807, 2.05) is 0 Å². The van der Waals surface area contributed by atoms with Gasteiger partial charge in [-0.2, -0.15) is 0 Å². The molecule has 0 atom stereocenters. The van der Waals surface area contributed by atoms with Gasteiger partial charge in [-0.05, 0) is 25.0 Å². The molecule has 0 amide bonds. The largest absolute Gasteiger partial charge is 0.449 e. The van der Waals surface area contributed by atoms with E-state index in [1.54, 1.807) is 32.0 Å². The highest BCUT2D eigenvalue weighted by Gasteiger charge is 2.31. The SMILES string of the molecule is CC1(C)Oc2ccc(NS(=O)(=O)CCCCCl)cc2O1. The monoisotopic (exact) mass is 319 g/mol. The van der Waals surface area contributed by atoms with Crippen LogP contribution in [0.25, 0.3) is 0 Å². The zero-order chi connectivity index (χ0) is 14.8. The molecule has 0 unspecified atom stereocenters. The Balaban J connectivity index is 2.05. The molecule has 1 N–H and O–H groups in total. The fourth-order valence-corrected chi connectivity index (χ4v) is 3.26. The minimum absolute atomic E-state index is 0.0552. The van der Waals surface area contributed by atoms with Crippen LogP contribution in [0.4, 0.5) is 5.69 Å². The summed E-state index contributed by atoms with van der Waals surface area (Å²) in [5.41, 5.74) is 0.468. The van der Waals surface area contributed by atoms with Crippen molar-refractivity contribution in [2.24, 2.45) is 0 Å². The molecule has 1 aromatic rings. The average molecular weight is 320 g/mol. The van der Waals surface area contributed by atoms with Crippen molar-refractivity contribution in [3.05, 3.63) is 18.2 Å². The minimum Gasteiger partial charge on any atom is -0.449 e. The van der Waals surface area contributed by atoms with Crippen molar-refractivity contribution in [1.82, 2.24) is 0 Å². The van der Waals surface area contributed by atoms with Crippen molar-refractivity contribution >= 4 is 27.3 Å². The van der Waals surface area contributed by atoms with Crippen LogP contribution in [0, 0.1) is 0 Å². The second-order valence-corrected chi connectivity index (χ2v) is 7.30. The topological polar surface area (TPSA) is 64.6 Å². The molecule has 0 radical (unpaired) electrons. The number of hydrogen-bond donors (Lipinski definition) is 1. The van der Waals surface area contributed by atoms with Crippen molar-refractivity contribution < 1.29 is 17.9 Å². The lowest BCUT2D eigenvalue weighted by Crippen LogP contribution is -2.29. The third-order valence-electron chi connectivity index (χ3n) is 2.73. The molecule has 1 aliphatic heterocycles. The molecule has 7 heteroatoms. The summed E-state index contributed by atoms with van der Waals surface area (Å²) in [6, 6.07) is 4.98. The first-order chi connectivity index (χ1) is 9.31. The number of sulfonamides is 1. The van der Waals surface area contributed by atoms with Crippen molar-refractivity contribution in [3.8, 4) is 11.5 Å². The molecule has 0 saturated heterocycles. The van der Waals surface area contributed by atoms with E-state index >= 15 is 0 Å². The van der Waals surface area contributed by atoms with Crippen molar-refractivity contribution in [2.75, 3.05) is 16.4 Å². The van der Waals surface area contributed by atoms with Crippen LogP contribution in [0.5, 0.6) is 11.5 Å². The number of benzene rings is 1. The third-order valence-corrected chi connectivity index (χ3v) is 4.37. The van der Waals surface area contributed by atoms with Crippen molar-refractivity contribution in [1.29, 1.82) is 0 Å². The normalized spacial score (nSPS) is 16.1. The Bertz CT molecular complexity index is 586. The molecule has 20 heavy (non-hydrogen) atoms. The lowest BCUT2D eigenvalue weighted by Gasteiger charge is -2.16. The standard InChI is InChI=1S/C13H18ClNO4S/c1-13(2)18-11-6-5-10(9-12(11)19-13)15-20(16,17)8-4-3-7-14/h5-6,9,15H,3-4,7-8H2,1-2H3. The Morgan fingerprint density at radius 2 is 1.90 bits per heavy atom. The first-order valence-corrected chi connectivity index (χ1v) is 8.58. The van der Waals surface area contributed by atoms with E-state index in [2.05, 4.69) is 4.72 Å². The summed E-state index contributed by atoms with van der Waals surface area (Å²) in [6.07, 6.45) is 1.22. The van der Waals surface area contributed by atoms with Crippen LogP contribution < -0.4 is 14.2 Å². The second kappa shape index (κ2) is 5.69. The van der Waals surface area contributed by atoms with Crippen molar-refractivity contribution in [2.45, 2.75) is 32.5 Å². The number of rotatable bonds is 6. The van der Waals surface area contributed by atoms with Crippen molar-refractivity contribution in [3.63, 3.8) is 0 Å². The van der Waals surface area contributed by atoms with Gasteiger partial charge in [0.05, 0.1) is 11.4 Å². The van der Waals surface area contributed by atoms with E-state index in [9.17, 15) is 8.42 Å². The first-order valence-electron chi connectivity index (χ1n) is 6.40. The van der Waals surface area contributed by atoms with Gasteiger partial charge >= 0.3 is 0 Å². The highest BCUT2D eigenvalue weighted by Crippen LogP contribution is 2.40. The Labute approximate surface area is 124 Å². The Hall–Kier alpha value is -1.14. The fraction of sp³-hybridized carbons (Fsp3) is 0.538. The quantitative estimate of drug-likeness (QED) is 0.646. The van der Waals surface area contributed by atoms with Gasteiger partial charge in [-0.3, -0.25) is 4.72 Å². The number of halogens is 1. The van der Waals surface area contributed by atoms with E-state index in [1.165, 1.54) is 0 Å². The maximum Gasteiger partial charge on any atom is 0.246 e. The molecule has 2 rings (SSSR count). The summed E-state index contributed by atoms with van der Waals surface area (Å²) < 4.78 is 37.4. The van der Waals surface area contributed by atoms with Crippen LogP contribution in [-0.2, 0) is 10.0 Å². The zero-order valence-electron chi connectivity index (χ0n) is 11.5. The fourth-order valence-electron chi connectivity index (χ4n) is 1.90. The van der Waals surface area contributed by atoms with Crippen LogP contribution in [0.3, 0.4) is 0 Å². The van der Waals surface area contributed by atoms with Crippen LogP contribution in [0.1, 0.15) is 26.7 Å². The van der Waals surface area contributed by atoms with Gasteiger partial charge in [-0.15, -0.1) is 11.6 Å². The molecule has 0 aromatic heterocycles. The molecule has 0 aliphatic carbocycles. The van der Waals surface area contributed by atoms with Gasteiger partial charge in [-0.1, -0.05) is 0 Å². The predicted molar refractivity (Wildman–Crippen MR) is 79.1 cm³/mol. The van der Waals surface area contributed by atoms with Gasteiger partial charge in [0.1, 0.15) is 0 Å². The molecule has 0 bridgehead atoms. The summed E-state index contributed by atoms with van der Waals surface area (Å²) in [5.74, 6) is 0.949. The highest BCUT2D eigenvalue weighted by atomic mass is 35.5. The maximum absolute atomic E-state index is 11.9. The smallest absolute Gasteiger partial charge is 0.246 e. The molecule has 0 spiro atoms. The minimum atomic E-state index is -3.36. The molecular formula is C13H18ClNO4S. The van der Waals surface area contributed by atoms with Crippen LogP contribution in [0.15, 0.2) is 18.2 Å². The van der Waals surface area contributed by atoms with Crippen LogP contribution in [0.2, 0.25) is 0 Å². The van der Waals surface area contributed by atoms with E-state index in [4.69, 9.17) is 21.1 Å². The molecule has 5 nitrogen and oxygen atoms in total. The van der Waals surface area contributed by atoms with E-state index in [0.29, 0.717) is 35.9 Å². The number of nitrogens with one attached hydrogen (secondary N) is 1. The third kappa shape index (κ3) is 3.93. The number of hydrogen-bond acceptors (Lipinski definition) is 4. The molecule has 0 fully saturated rings. The molecule has 1 heterocycles.